The third-order valence-electron chi connectivity index (χ3n) is 5.86. The summed E-state index contributed by atoms with van der Waals surface area (Å²) < 4.78 is 1.67. The van der Waals surface area contributed by atoms with Gasteiger partial charge < -0.3 is 4.90 Å². The number of nitrogens with one attached hydrogen (secondary N) is 1. The molecule has 0 saturated carbocycles. The third kappa shape index (κ3) is 3.30. The van der Waals surface area contributed by atoms with Gasteiger partial charge in [-0.15, -0.1) is 0 Å². The number of imidazole rings is 1. The molecule has 1 aliphatic heterocycles. The average molecular weight is 398 g/mol. The second kappa shape index (κ2) is 7.63. The number of carbonyl (C=O) groups is 2. The molecule has 3 aromatic carbocycles. The second-order valence-corrected chi connectivity index (χ2v) is 7.67. The van der Waals surface area contributed by atoms with Crippen molar-refractivity contribution in [3.63, 3.8) is 0 Å². The number of carbonyl (C=O) groups excluding carboxylic acids is 2. The quantitative estimate of drug-likeness (QED) is 0.571. The van der Waals surface area contributed by atoms with Crippen molar-refractivity contribution in [2.45, 2.75) is 12.8 Å². The fraction of sp³-hybridized carbons (Fsp3) is 0.208. The maximum atomic E-state index is 13.1. The van der Waals surface area contributed by atoms with E-state index in [1.165, 1.54) is 0 Å². The fourth-order valence-electron chi connectivity index (χ4n) is 4.19. The highest BCUT2D eigenvalue weighted by Gasteiger charge is 2.28. The zero-order valence-electron chi connectivity index (χ0n) is 16.5. The Labute approximate surface area is 174 Å². The van der Waals surface area contributed by atoms with Gasteiger partial charge in [0.1, 0.15) is 6.33 Å². The standard InChI is InChI=1S/C24H22N4O2/c29-23(26-28-16-25-21-10-3-4-11-22(21)28)18-12-14-27(15-13-18)24(30)20-9-5-7-17-6-1-2-8-19(17)20/h1-11,16,18H,12-15H2,(H,26,29). The van der Waals surface area contributed by atoms with Gasteiger partial charge in [0.15, 0.2) is 0 Å². The van der Waals surface area contributed by atoms with E-state index in [-0.39, 0.29) is 17.7 Å². The smallest absolute Gasteiger partial charge is 0.254 e. The molecule has 0 atom stereocenters. The molecule has 0 spiro atoms. The lowest BCUT2D eigenvalue weighted by Crippen LogP contribution is -2.42. The molecule has 5 rings (SSSR count). The van der Waals surface area contributed by atoms with E-state index in [9.17, 15) is 9.59 Å². The zero-order chi connectivity index (χ0) is 20.5. The van der Waals surface area contributed by atoms with E-state index in [0.29, 0.717) is 25.9 Å². The topological polar surface area (TPSA) is 67.2 Å². The van der Waals surface area contributed by atoms with Gasteiger partial charge >= 0.3 is 0 Å². The van der Waals surface area contributed by atoms with E-state index >= 15 is 0 Å². The third-order valence-corrected chi connectivity index (χ3v) is 5.86. The maximum Gasteiger partial charge on any atom is 0.254 e. The molecule has 2 amide bonds. The number of amides is 2. The minimum Gasteiger partial charge on any atom is -0.339 e. The number of aromatic nitrogens is 2. The number of fused-ring (bicyclic) bond motifs is 2. The molecule has 6 heteroatoms. The number of para-hydroxylation sites is 2. The van der Waals surface area contributed by atoms with E-state index in [1.807, 2.05) is 71.6 Å². The van der Waals surface area contributed by atoms with Crippen LogP contribution in [0.3, 0.4) is 0 Å². The summed E-state index contributed by atoms with van der Waals surface area (Å²) in [5.41, 5.74) is 5.38. The van der Waals surface area contributed by atoms with Crippen LogP contribution >= 0.6 is 0 Å². The van der Waals surface area contributed by atoms with Gasteiger partial charge in [0, 0.05) is 24.6 Å². The van der Waals surface area contributed by atoms with Gasteiger partial charge in [0.05, 0.1) is 11.0 Å². The van der Waals surface area contributed by atoms with Crippen molar-refractivity contribution in [3.8, 4) is 0 Å². The lowest BCUT2D eigenvalue weighted by Gasteiger charge is -2.31. The summed E-state index contributed by atoms with van der Waals surface area (Å²) in [6, 6.07) is 21.4. The highest BCUT2D eigenvalue weighted by Crippen LogP contribution is 2.24. The van der Waals surface area contributed by atoms with Crippen molar-refractivity contribution < 1.29 is 9.59 Å². The normalized spacial score (nSPS) is 14.9. The summed E-state index contributed by atoms with van der Waals surface area (Å²) >= 11 is 0. The predicted molar refractivity (Wildman–Crippen MR) is 117 cm³/mol. The van der Waals surface area contributed by atoms with Crippen LogP contribution in [0.4, 0.5) is 0 Å². The monoisotopic (exact) mass is 398 g/mol. The van der Waals surface area contributed by atoms with Crippen LogP contribution in [-0.4, -0.2) is 39.5 Å². The number of piperidine rings is 1. The van der Waals surface area contributed by atoms with Gasteiger partial charge in [0.25, 0.3) is 5.91 Å². The SMILES string of the molecule is O=C(Nn1cnc2ccccc21)C1CCN(C(=O)c2cccc3ccccc23)CC1. The van der Waals surface area contributed by atoms with Crippen LogP contribution in [0.1, 0.15) is 23.2 Å². The lowest BCUT2D eigenvalue weighted by molar-refractivity contribution is -0.122. The molecule has 1 aromatic heterocycles. The maximum absolute atomic E-state index is 13.1. The van der Waals surface area contributed by atoms with E-state index in [0.717, 1.165) is 27.4 Å². The second-order valence-electron chi connectivity index (χ2n) is 7.67. The van der Waals surface area contributed by atoms with Crippen LogP contribution in [-0.2, 0) is 4.79 Å². The van der Waals surface area contributed by atoms with Gasteiger partial charge in [-0.05, 0) is 41.8 Å². The molecule has 30 heavy (non-hydrogen) atoms. The molecule has 1 fully saturated rings. The first-order valence-electron chi connectivity index (χ1n) is 10.2. The summed E-state index contributed by atoms with van der Waals surface area (Å²) in [5, 5.41) is 2.03. The largest absolute Gasteiger partial charge is 0.339 e. The Morgan fingerprint density at radius 3 is 2.50 bits per heavy atom. The highest BCUT2D eigenvalue weighted by molar-refractivity contribution is 6.07. The molecule has 2 heterocycles. The Morgan fingerprint density at radius 2 is 1.63 bits per heavy atom. The molecule has 1 aliphatic rings. The first-order chi connectivity index (χ1) is 14.7. The molecule has 0 radical (unpaired) electrons. The summed E-state index contributed by atoms with van der Waals surface area (Å²) in [4.78, 5) is 32.0. The summed E-state index contributed by atoms with van der Waals surface area (Å²) in [6.07, 6.45) is 2.92. The van der Waals surface area contributed by atoms with Crippen LogP contribution in [0.5, 0.6) is 0 Å². The molecular formula is C24H22N4O2. The van der Waals surface area contributed by atoms with Gasteiger partial charge in [0.2, 0.25) is 5.91 Å². The van der Waals surface area contributed by atoms with E-state index < -0.39 is 0 Å². The van der Waals surface area contributed by atoms with E-state index in [2.05, 4.69) is 10.4 Å². The van der Waals surface area contributed by atoms with Crippen LogP contribution in [0.15, 0.2) is 73.1 Å². The number of rotatable bonds is 3. The fourth-order valence-corrected chi connectivity index (χ4v) is 4.19. The number of hydrogen-bond acceptors (Lipinski definition) is 3. The minimum atomic E-state index is -0.122. The van der Waals surface area contributed by atoms with E-state index in [4.69, 9.17) is 0 Å². The number of nitrogens with zero attached hydrogens (tertiary/aromatic N) is 3. The van der Waals surface area contributed by atoms with Gasteiger partial charge in [-0.3, -0.25) is 15.0 Å². The van der Waals surface area contributed by atoms with E-state index in [1.54, 1.807) is 11.0 Å². The summed E-state index contributed by atoms with van der Waals surface area (Å²) in [6.45, 7) is 1.15. The summed E-state index contributed by atoms with van der Waals surface area (Å²) in [5.74, 6) is -0.121. The minimum absolute atomic E-state index is 0.0320. The van der Waals surface area contributed by atoms with Crippen LogP contribution < -0.4 is 5.43 Å². The van der Waals surface area contributed by atoms with Crippen LogP contribution in [0.2, 0.25) is 0 Å². The average Bonchev–Trinajstić information content (AvgIpc) is 3.21. The van der Waals surface area contributed by atoms with Crippen molar-refractivity contribution in [3.05, 3.63) is 78.6 Å². The molecule has 0 aliphatic carbocycles. The Kier molecular flexibility index (Phi) is 4.67. The number of benzene rings is 3. The Morgan fingerprint density at radius 1 is 0.900 bits per heavy atom. The van der Waals surface area contributed by atoms with Crippen molar-refractivity contribution in [1.29, 1.82) is 0 Å². The lowest BCUT2D eigenvalue weighted by atomic mass is 9.95. The Hall–Kier alpha value is -3.67. The zero-order valence-corrected chi connectivity index (χ0v) is 16.5. The Balaban J connectivity index is 1.26. The van der Waals surface area contributed by atoms with Gasteiger partial charge in [-0.1, -0.05) is 48.5 Å². The van der Waals surface area contributed by atoms with Crippen LogP contribution in [0, 0.1) is 5.92 Å². The van der Waals surface area contributed by atoms with Gasteiger partial charge in [-0.25, -0.2) is 9.66 Å². The van der Waals surface area contributed by atoms with Gasteiger partial charge in [-0.2, -0.15) is 0 Å². The molecule has 0 unspecified atom stereocenters. The molecule has 4 aromatic rings. The predicted octanol–water partition coefficient (Wildman–Crippen LogP) is 3.81. The number of likely N-dealkylation sites (tertiary alicyclic amines) is 1. The molecule has 0 bridgehead atoms. The number of hydrogen-bond donors (Lipinski definition) is 1. The summed E-state index contributed by atoms with van der Waals surface area (Å²) in [7, 11) is 0. The first kappa shape index (κ1) is 18.4. The molecule has 6 nitrogen and oxygen atoms in total. The van der Waals surface area contributed by atoms with Crippen molar-refractivity contribution >= 4 is 33.6 Å². The molecule has 1 N–H and O–H groups in total. The Bertz CT molecular complexity index is 1230. The molecule has 1 saturated heterocycles. The highest BCUT2D eigenvalue weighted by atomic mass is 16.2. The molecular weight excluding hydrogens is 376 g/mol. The van der Waals surface area contributed by atoms with Crippen LogP contribution in [0.25, 0.3) is 21.8 Å². The first-order valence-corrected chi connectivity index (χ1v) is 10.2. The molecule has 150 valence electrons. The van der Waals surface area contributed by atoms with Crippen molar-refractivity contribution in [2.24, 2.45) is 5.92 Å². The van der Waals surface area contributed by atoms with Crippen molar-refractivity contribution in [2.75, 3.05) is 18.5 Å². The van der Waals surface area contributed by atoms with Crippen molar-refractivity contribution in [1.82, 2.24) is 14.6 Å².